The van der Waals surface area contributed by atoms with Crippen LogP contribution in [0.4, 0.5) is 13.2 Å². The molecule has 0 atom stereocenters. The Bertz CT molecular complexity index is 898. The first-order chi connectivity index (χ1) is 11.8. The van der Waals surface area contributed by atoms with Crippen molar-refractivity contribution in [1.29, 1.82) is 0 Å². The number of benzene rings is 1. The number of alkyl halides is 3. The molecule has 4 nitrogen and oxygen atoms in total. The fraction of sp³-hybridized carbons (Fsp3) is 0.118. The predicted molar refractivity (Wildman–Crippen MR) is 86.5 cm³/mol. The van der Waals surface area contributed by atoms with Crippen molar-refractivity contribution in [1.82, 2.24) is 15.0 Å². The molecule has 0 aliphatic rings. The lowest BCUT2D eigenvalue weighted by Crippen LogP contribution is -2.07. The molecule has 0 saturated heterocycles. The Labute approximate surface area is 146 Å². The number of halogens is 4. The van der Waals surface area contributed by atoms with E-state index in [4.69, 9.17) is 16.3 Å². The second-order valence-corrected chi connectivity index (χ2v) is 5.65. The molecule has 2 aromatic heterocycles. The average molecular weight is 366 g/mol. The second kappa shape index (κ2) is 6.68. The topological polar surface area (TPSA) is 47.9 Å². The Morgan fingerprint density at radius 2 is 1.72 bits per heavy atom. The van der Waals surface area contributed by atoms with Gasteiger partial charge in [0.25, 0.3) is 0 Å². The molecule has 0 fully saturated rings. The van der Waals surface area contributed by atoms with Crippen molar-refractivity contribution in [2.45, 2.75) is 13.1 Å². The Morgan fingerprint density at radius 3 is 2.40 bits per heavy atom. The maximum Gasteiger partial charge on any atom is 0.433 e. The normalized spacial score (nSPS) is 11.4. The van der Waals surface area contributed by atoms with E-state index in [-0.39, 0.29) is 6.01 Å². The summed E-state index contributed by atoms with van der Waals surface area (Å²) in [5.74, 6) is 0.326. The monoisotopic (exact) mass is 365 g/mol. The number of aryl methyl sites for hydroxylation is 1. The molecule has 3 rings (SSSR count). The Morgan fingerprint density at radius 1 is 1.00 bits per heavy atom. The molecular weight excluding hydrogens is 355 g/mol. The van der Waals surface area contributed by atoms with Gasteiger partial charge >= 0.3 is 12.2 Å². The highest BCUT2D eigenvalue weighted by Gasteiger charge is 2.32. The van der Waals surface area contributed by atoms with Gasteiger partial charge in [-0.3, -0.25) is 4.98 Å². The number of hydrogen-bond acceptors (Lipinski definition) is 4. The third kappa shape index (κ3) is 4.06. The van der Waals surface area contributed by atoms with E-state index in [0.29, 0.717) is 21.9 Å². The van der Waals surface area contributed by atoms with Gasteiger partial charge in [-0.15, -0.1) is 0 Å². The van der Waals surface area contributed by atoms with E-state index in [1.807, 2.05) is 6.92 Å². The predicted octanol–water partition coefficient (Wildman–Crippen LogP) is 5.31. The zero-order valence-electron chi connectivity index (χ0n) is 12.9. The van der Waals surface area contributed by atoms with E-state index in [0.717, 1.165) is 17.8 Å². The highest BCUT2D eigenvalue weighted by atomic mass is 35.5. The van der Waals surface area contributed by atoms with Gasteiger partial charge in [-0.05, 0) is 36.8 Å². The lowest BCUT2D eigenvalue weighted by atomic mass is 10.0. The number of nitrogens with zero attached hydrogens (tertiary/aromatic N) is 3. The molecule has 0 spiro atoms. The third-order valence-corrected chi connectivity index (χ3v) is 3.49. The minimum Gasteiger partial charge on any atom is -0.424 e. The van der Waals surface area contributed by atoms with Crippen LogP contribution in [0.25, 0.3) is 11.1 Å². The Hall–Kier alpha value is -2.67. The number of pyridine rings is 1. The fourth-order valence-corrected chi connectivity index (χ4v) is 2.26. The highest BCUT2D eigenvalue weighted by molar-refractivity contribution is 6.30. The number of ether oxygens (including phenoxy) is 1. The number of hydrogen-bond donors (Lipinski definition) is 0. The van der Waals surface area contributed by atoms with Crippen LogP contribution < -0.4 is 4.74 Å². The lowest BCUT2D eigenvalue weighted by Gasteiger charge is -2.13. The lowest BCUT2D eigenvalue weighted by molar-refractivity contribution is -0.141. The molecule has 128 valence electrons. The summed E-state index contributed by atoms with van der Waals surface area (Å²) < 4.78 is 44.4. The molecule has 0 aliphatic carbocycles. The molecule has 0 N–H and O–H groups in total. The van der Waals surface area contributed by atoms with Crippen LogP contribution in [0, 0.1) is 6.92 Å². The first-order valence-electron chi connectivity index (χ1n) is 7.12. The van der Waals surface area contributed by atoms with Gasteiger partial charge in [0.15, 0.2) is 0 Å². The summed E-state index contributed by atoms with van der Waals surface area (Å²) in [5.41, 5.74) is 0.700. The van der Waals surface area contributed by atoms with Crippen molar-refractivity contribution in [3.63, 3.8) is 0 Å². The summed E-state index contributed by atoms with van der Waals surface area (Å²) in [6, 6.07) is 7.65. The fourth-order valence-electron chi connectivity index (χ4n) is 2.16. The molecule has 0 bridgehead atoms. The van der Waals surface area contributed by atoms with Crippen LogP contribution in [0.3, 0.4) is 0 Å². The summed E-state index contributed by atoms with van der Waals surface area (Å²) in [5, 5.41) is 0.348. The molecule has 25 heavy (non-hydrogen) atoms. The zero-order chi connectivity index (χ0) is 18.0. The summed E-state index contributed by atoms with van der Waals surface area (Å²) in [6.07, 6.45) is -0.679. The minimum absolute atomic E-state index is 0.0413. The highest BCUT2D eigenvalue weighted by Crippen LogP contribution is 2.36. The zero-order valence-corrected chi connectivity index (χ0v) is 13.6. The summed E-state index contributed by atoms with van der Waals surface area (Å²) >= 11 is 5.73. The van der Waals surface area contributed by atoms with Crippen LogP contribution in [0.1, 0.15) is 11.3 Å². The van der Waals surface area contributed by atoms with Crippen molar-refractivity contribution >= 4 is 11.6 Å². The van der Waals surface area contributed by atoms with Gasteiger partial charge in [-0.2, -0.15) is 13.2 Å². The van der Waals surface area contributed by atoms with Crippen molar-refractivity contribution in [3.05, 3.63) is 65.2 Å². The Kier molecular flexibility index (Phi) is 4.59. The van der Waals surface area contributed by atoms with Crippen LogP contribution in [0.5, 0.6) is 11.8 Å². The molecule has 1 aromatic carbocycles. The van der Waals surface area contributed by atoms with Crippen molar-refractivity contribution < 1.29 is 17.9 Å². The number of rotatable bonds is 3. The molecule has 3 aromatic rings. The van der Waals surface area contributed by atoms with Gasteiger partial charge in [0.1, 0.15) is 11.4 Å². The second-order valence-electron chi connectivity index (χ2n) is 5.21. The van der Waals surface area contributed by atoms with E-state index in [1.54, 1.807) is 18.2 Å². The maximum atomic E-state index is 12.9. The van der Waals surface area contributed by atoms with Crippen molar-refractivity contribution in [2.24, 2.45) is 0 Å². The quantitative estimate of drug-likeness (QED) is 0.631. The van der Waals surface area contributed by atoms with E-state index in [2.05, 4.69) is 15.0 Å². The summed E-state index contributed by atoms with van der Waals surface area (Å²) in [6.45, 7) is 1.83. The van der Waals surface area contributed by atoms with Gasteiger partial charge in [0.05, 0.1) is 17.4 Å². The van der Waals surface area contributed by atoms with E-state index >= 15 is 0 Å². The molecule has 0 unspecified atom stereocenters. The van der Waals surface area contributed by atoms with Crippen LogP contribution >= 0.6 is 11.6 Å². The van der Waals surface area contributed by atoms with Gasteiger partial charge in [-0.1, -0.05) is 23.2 Å². The van der Waals surface area contributed by atoms with Gasteiger partial charge in [0, 0.05) is 11.8 Å². The maximum absolute atomic E-state index is 12.9. The number of aromatic nitrogens is 3. The molecule has 2 heterocycles. The summed E-state index contributed by atoms with van der Waals surface area (Å²) in [7, 11) is 0. The van der Waals surface area contributed by atoms with Gasteiger partial charge in [-0.25, -0.2) is 9.97 Å². The van der Waals surface area contributed by atoms with Gasteiger partial charge in [0.2, 0.25) is 0 Å². The third-order valence-electron chi connectivity index (χ3n) is 3.29. The summed E-state index contributed by atoms with van der Waals surface area (Å²) in [4.78, 5) is 11.2. The van der Waals surface area contributed by atoms with Crippen LogP contribution in [-0.2, 0) is 6.18 Å². The van der Waals surface area contributed by atoms with Crippen molar-refractivity contribution in [2.75, 3.05) is 0 Å². The van der Waals surface area contributed by atoms with Gasteiger partial charge < -0.3 is 4.74 Å². The average Bonchev–Trinajstić information content (AvgIpc) is 2.58. The molecule has 0 aliphatic heterocycles. The SMILES string of the molecule is Cc1ccc(Oc2ncc(Cl)cn2)c(-c2ccnc(C(F)(F)F)c2)c1. The molecule has 0 saturated carbocycles. The largest absolute Gasteiger partial charge is 0.433 e. The van der Waals surface area contributed by atoms with E-state index < -0.39 is 11.9 Å². The molecular formula is C17H11ClF3N3O. The Balaban J connectivity index is 2.04. The standard InChI is InChI=1S/C17H11ClF3N3O/c1-10-2-3-14(25-16-23-8-12(18)9-24-16)13(6-10)11-4-5-22-15(7-11)17(19,20)21/h2-9H,1H3. The van der Waals surface area contributed by atoms with Crippen LogP contribution in [-0.4, -0.2) is 15.0 Å². The van der Waals surface area contributed by atoms with Crippen LogP contribution in [0.2, 0.25) is 5.02 Å². The van der Waals surface area contributed by atoms with Crippen LogP contribution in [0.15, 0.2) is 48.9 Å². The first-order valence-corrected chi connectivity index (χ1v) is 7.50. The smallest absolute Gasteiger partial charge is 0.424 e. The van der Waals surface area contributed by atoms with Crippen molar-refractivity contribution in [3.8, 4) is 22.9 Å². The molecule has 8 heteroatoms. The molecule has 0 amide bonds. The van der Waals surface area contributed by atoms with E-state index in [9.17, 15) is 13.2 Å². The molecule has 0 radical (unpaired) electrons. The first kappa shape index (κ1) is 17.2. The van der Waals surface area contributed by atoms with E-state index in [1.165, 1.54) is 18.5 Å². The minimum atomic E-state index is -4.53.